The van der Waals surface area contributed by atoms with Crippen molar-refractivity contribution in [1.82, 2.24) is 14.9 Å². The predicted molar refractivity (Wildman–Crippen MR) is 77.3 cm³/mol. The molecule has 0 fully saturated rings. The predicted octanol–water partition coefficient (Wildman–Crippen LogP) is 3.25. The van der Waals surface area contributed by atoms with Crippen molar-refractivity contribution in [3.63, 3.8) is 0 Å². The Morgan fingerprint density at radius 1 is 1.39 bits per heavy atom. The van der Waals surface area contributed by atoms with E-state index in [0.717, 1.165) is 42.9 Å². The molecule has 0 amide bonds. The zero-order chi connectivity index (χ0) is 13.0. The maximum absolute atomic E-state index is 6.02. The van der Waals surface area contributed by atoms with Gasteiger partial charge in [-0.05, 0) is 44.6 Å². The minimum atomic E-state index is 0.755. The summed E-state index contributed by atoms with van der Waals surface area (Å²) in [4.78, 5) is 4.71. The van der Waals surface area contributed by atoms with E-state index in [0.29, 0.717) is 0 Å². The lowest BCUT2D eigenvalue weighted by atomic mass is 10.3. The summed E-state index contributed by atoms with van der Waals surface area (Å²) in [7, 11) is 1.98. The van der Waals surface area contributed by atoms with Crippen LogP contribution in [0, 0.1) is 0 Å². The first-order valence-electron chi connectivity index (χ1n) is 6.55. The molecule has 1 aromatic heterocycles. The van der Waals surface area contributed by atoms with Gasteiger partial charge in [0.2, 0.25) is 0 Å². The molecule has 1 heterocycles. The van der Waals surface area contributed by atoms with Gasteiger partial charge in [-0.2, -0.15) is 0 Å². The first kappa shape index (κ1) is 13.4. The fraction of sp³-hybridized carbons (Fsp3) is 0.500. The molecule has 3 nitrogen and oxygen atoms in total. The number of nitrogens with one attached hydrogen (secondary N) is 1. The van der Waals surface area contributed by atoms with Gasteiger partial charge >= 0.3 is 0 Å². The molecule has 2 rings (SSSR count). The lowest BCUT2D eigenvalue weighted by molar-refractivity contribution is 0.626. The van der Waals surface area contributed by atoms with Gasteiger partial charge in [0.25, 0.3) is 0 Å². The number of halogens is 1. The highest BCUT2D eigenvalue weighted by Gasteiger charge is 2.09. The smallest absolute Gasteiger partial charge is 0.109 e. The second kappa shape index (κ2) is 6.21. The minimum Gasteiger partial charge on any atom is -0.328 e. The van der Waals surface area contributed by atoms with E-state index in [1.165, 1.54) is 11.3 Å². The summed E-state index contributed by atoms with van der Waals surface area (Å²) in [6.45, 7) is 4.24. The van der Waals surface area contributed by atoms with Crippen LogP contribution in [-0.4, -0.2) is 23.1 Å². The minimum absolute atomic E-state index is 0.755. The molecule has 0 radical (unpaired) electrons. The van der Waals surface area contributed by atoms with Crippen LogP contribution in [0.1, 0.15) is 25.6 Å². The molecule has 0 unspecified atom stereocenters. The Bertz CT molecular complexity index is 519. The Morgan fingerprint density at radius 3 is 2.94 bits per heavy atom. The quantitative estimate of drug-likeness (QED) is 0.813. The van der Waals surface area contributed by atoms with Crippen LogP contribution in [0.15, 0.2) is 18.2 Å². The number of fused-ring (bicyclic) bond motifs is 1. The lowest BCUT2D eigenvalue weighted by Crippen LogP contribution is -2.11. The van der Waals surface area contributed by atoms with Gasteiger partial charge < -0.3 is 9.88 Å². The van der Waals surface area contributed by atoms with Crippen molar-refractivity contribution in [3.8, 4) is 0 Å². The van der Waals surface area contributed by atoms with E-state index in [1.807, 2.05) is 19.2 Å². The molecule has 0 atom stereocenters. The Hall–Kier alpha value is -1.06. The van der Waals surface area contributed by atoms with E-state index in [1.54, 1.807) is 0 Å². The maximum atomic E-state index is 6.02. The van der Waals surface area contributed by atoms with Gasteiger partial charge in [0.1, 0.15) is 5.82 Å². The fourth-order valence-electron chi connectivity index (χ4n) is 2.24. The summed E-state index contributed by atoms with van der Waals surface area (Å²) in [5.74, 6) is 1.17. The molecule has 98 valence electrons. The van der Waals surface area contributed by atoms with Crippen LogP contribution >= 0.6 is 11.6 Å². The van der Waals surface area contributed by atoms with Gasteiger partial charge in [-0.15, -0.1) is 0 Å². The molecule has 0 aliphatic heterocycles. The van der Waals surface area contributed by atoms with Gasteiger partial charge in [0, 0.05) is 18.0 Å². The fourth-order valence-corrected chi connectivity index (χ4v) is 2.41. The molecule has 0 bridgehead atoms. The molecule has 4 heteroatoms. The number of rotatable bonds is 6. The third-order valence-corrected chi connectivity index (χ3v) is 3.30. The summed E-state index contributed by atoms with van der Waals surface area (Å²) in [6, 6.07) is 5.96. The molecule has 2 aromatic rings. The summed E-state index contributed by atoms with van der Waals surface area (Å²) in [5, 5.41) is 3.93. The number of hydrogen-bond donors (Lipinski definition) is 1. The van der Waals surface area contributed by atoms with Crippen LogP contribution in [0.25, 0.3) is 11.0 Å². The van der Waals surface area contributed by atoms with Crippen LogP contribution in [0.2, 0.25) is 5.02 Å². The number of hydrogen-bond acceptors (Lipinski definition) is 2. The maximum Gasteiger partial charge on any atom is 0.109 e. The molecule has 0 saturated carbocycles. The molecular formula is C14H20ClN3. The van der Waals surface area contributed by atoms with Gasteiger partial charge in [-0.25, -0.2) is 4.98 Å². The van der Waals surface area contributed by atoms with Crippen LogP contribution < -0.4 is 5.32 Å². The Labute approximate surface area is 113 Å². The zero-order valence-electron chi connectivity index (χ0n) is 11.0. The third-order valence-electron chi connectivity index (χ3n) is 3.06. The SMILES string of the molecule is CCCn1c(CCCNC)nc2cc(Cl)ccc21. The van der Waals surface area contributed by atoms with Crippen molar-refractivity contribution in [3.05, 3.63) is 29.0 Å². The Morgan fingerprint density at radius 2 is 2.22 bits per heavy atom. The first-order chi connectivity index (χ1) is 8.76. The van der Waals surface area contributed by atoms with Gasteiger partial charge in [-0.3, -0.25) is 0 Å². The van der Waals surface area contributed by atoms with Crippen molar-refractivity contribution in [1.29, 1.82) is 0 Å². The van der Waals surface area contributed by atoms with Crippen LogP contribution in [-0.2, 0) is 13.0 Å². The molecule has 1 N–H and O–H groups in total. The van der Waals surface area contributed by atoms with Crippen molar-refractivity contribution in [2.75, 3.05) is 13.6 Å². The van der Waals surface area contributed by atoms with Crippen LogP contribution in [0.5, 0.6) is 0 Å². The molecule has 18 heavy (non-hydrogen) atoms. The summed E-state index contributed by atoms with van der Waals surface area (Å²) >= 11 is 6.02. The topological polar surface area (TPSA) is 29.9 Å². The largest absolute Gasteiger partial charge is 0.328 e. The number of aryl methyl sites for hydroxylation is 2. The van der Waals surface area contributed by atoms with Crippen LogP contribution in [0.3, 0.4) is 0 Å². The highest BCUT2D eigenvalue weighted by molar-refractivity contribution is 6.31. The monoisotopic (exact) mass is 265 g/mol. The number of imidazole rings is 1. The highest BCUT2D eigenvalue weighted by atomic mass is 35.5. The van der Waals surface area contributed by atoms with E-state index in [9.17, 15) is 0 Å². The molecule has 0 aliphatic rings. The first-order valence-corrected chi connectivity index (χ1v) is 6.93. The molecular weight excluding hydrogens is 246 g/mol. The average Bonchev–Trinajstić information content (AvgIpc) is 2.68. The van der Waals surface area contributed by atoms with E-state index < -0.39 is 0 Å². The standard InChI is InChI=1S/C14H20ClN3/c1-3-9-18-13-7-6-11(15)10-12(13)17-14(18)5-4-8-16-2/h6-7,10,16H,3-5,8-9H2,1-2H3. The number of aromatic nitrogens is 2. The van der Waals surface area contributed by atoms with E-state index >= 15 is 0 Å². The average molecular weight is 266 g/mol. The third kappa shape index (κ3) is 2.85. The summed E-state index contributed by atoms with van der Waals surface area (Å²) < 4.78 is 2.32. The summed E-state index contributed by atoms with van der Waals surface area (Å²) in [5.41, 5.74) is 2.20. The summed E-state index contributed by atoms with van der Waals surface area (Å²) in [6.07, 6.45) is 3.23. The van der Waals surface area contributed by atoms with Gasteiger partial charge in [-0.1, -0.05) is 18.5 Å². The Kier molecular flexibility index (Phi) is 4.61. The van der Waals surface area contributed by atoms with Crippen molar-refractivity contribution in [2.45, 2.75) is 32.7 Å². The molecule has 0 aliphatic carbocycles. The second-order valence-corrected chi connectivity index (χ2v) is 4.96. The highest BCUT2D eigenvalue weighted by Crippen LogP contribution is 2.21. The Balaban J connectivity index is 2.34. The van der Waals surface area contributed by atoms with Gasteiger partial charge in [0.05, 0.1) is 11.0 Å². The van der Waals surface area contributed by atoms with E-state index in [4.69, 9.17) is 16.6 Å². The number of benzene rings is 1. The zero-order valence-corrected chi connectivity index (χ0v) is 11.8. The van der Waals surface area contributed by atoms with E-state index in [-0.39, 0.29) is 0 Å². The van der Waals surface area contributed by atoms with E-state index in [2.05, 4.69) is 22.9 Å². The van der Waals surface area contributed by atoms with Crippen LogP contribution in [0.4, 0.5) is 0 Å². The number of nitrogens with zero attached hydrogens (tertiary/aromatic N) is 2. The van der Waals surface area contributed by atoms with Gasteiger partial charge in [0.15, 0.2) is 0 Å². The second-order valence-electron chi connectivity index (χ2n) is 4.52. The molecule has 0 spiro atoms. The molecule has 0 saturated heterocycles. The molecule has 1 aromatic carbocycles. The van der Waals surface area contributed by atoms with Crippen molar-refractivity contribution < 1.29 is 0 Å². The lowest BCUT2D eigenvalue weighted by Gasteiger charge is -2.07. The van der Waals surface area contributed by atoms with Crippen molar-refractivity contribution in [2.24, 2.45) is 0 Å². The normalized spacial score (nSPS) is 11.3. The van der Waals surface area contributed by atoms with Crippen molar-refractivity contribution >= 4 is 22.6 Å².